The van der Waals surface area contributed by atoms with Crippen molar-refractivity contribution in [2.45, 2.75) is 112 Å². The smallest absolute Gasteiger partial charge is 0.0515 e. The van der Waals surface area contributed by atoms with Crippen molar-refractivity contribution in [1.29, 1.82) is 0 Å². The van der Waals surface area contributed by atoms with Crippen LogP contribution in [0.3, 0.4) is 0 Å². The van der Waals surface area contributed by atoms with Gasteiger partial charge in [0.2, 0.25) is 0 Å². The third-order valence-corrected chi connectivity index (χ3v) is 4.51. The predicted molar refractivity (Wildman–Crippen MR) is 154 cm³/mol. The molecule has 0 fully saturated rings. The van der Waals surface area contributed by atoms with Gasteiger partial charge >= 0.3 is 0 Å². The highest BCUT2D eigenvalue weighted by Gasteiger charge is 2.26. The number of methoxy groups -OCH3 is 2. The van der Waals surface area contributed by atoms with E-state index in [0.29, 0.717) is 16.9 Å². The summed E-state index contributed by atoms with van der Waals surface area (Å²) in [5, 5.41) is 0. The Bertz CT molecular complexity index is 192. The van der Waals surface area contributed by atoms with Crippen molar-refractivity contribution < 1.29 is 9.47 Å². The average Bonchev–Trinajstić information content (AvgIpc) is 2.54. The fraction of sp³-hybridized carbons (Fsp3) is 1.00. The van der Waals surface area contributed by atoms with Crippen molar-refractivity contribution >= 4 is 11.8 Å². The van der Waals surface area contributed by atoms with Gasteiger partial charge in [0.15, 0.2) is 0 Å². The van der Waals surface area contributed by atoms with E-state index in [-0.39, 0.29) is 29.7 Å². The minimum atomic E-state index is 0. The molecule has 0 saturated carbocycles. The Balaban J connectivity index is -0.0000000261. The molecule has 0 aliphatic carbocycles. The van der Waals surface area contributed by atoms with E-state index in [1.165, 1.54) is 5.75 Å². The molecule has 4 heteroatoms. The highest BCUT2D eigenvalue weighted by atomic mass is 32.2. The molecule has 0 radical (unpaired) electrons. The van der Waals surface area contributed by atoms with Gasteiger partial charge in [-0.3, -0.25) is 0 Å². The molecule has 0 bridgehead atoms. The summed E-state index contributed by atoms with van der Waals surface area (Å²) in [7, 11) is 7.49. The minimum absolute atomic E-state index is 0. The average molecular weight is 462 g/mol. The number of thioether (sulfide) groups is 1. The van der Waals surface area contributed by atoms with Gasteiger partial charge in [-0.05, 0) is 64.2 Å². The molecule has 0 amide bonds. The molecule has 198 valence electrons. The van der Waals surface area contributed by atoms with Crippen LogP contribution in [0.15, 0.2) is 0 Å². The summed E-state index contributed by atoms with van der Waals surface area (Å²) in [5.41, 5.74) is 0.875. The lowest BCUT2D eigenvalue weighted by Crippen LogP contribution is -2.25. The van der Waals surface area contributed by atoms with Crippen LogP contribution in [-0.4, -0.2) is 64.5 Å². The zero-order chi connectivity index (χ0) is 22.4. The molecule has 0 unspecified atom stereocenters. The standard InChI is InChI=1S/C8H18.C4H11N.C4H10O.C3H8O.C3H8S.4CH4/c1-7(2,3)8(4,5)6;1-4-5(2)3;1-4(2)5-3;2*1-3-4-2;;;;/h1-6H3;4H2,1-3H3;4H,1-3H3;2*3H2,1-2H3;4*1H4. The summed E-state index contributed by atoms with van der Waals surface area (Å²) in [6.45, 7) is 25.8. The highest BCUT2D eigenvalue weighted by molar-refractivity contribution is 7.98. The zero-order valence-corrected chi connectivity index (χ0v) is 22.2. The molecule has 0 aromatic heterocycles. The molecular formula is C26H71NO2S. The lowest BCUT2D eigenvalue weighted by molar-refractivity contribution is 0.134. The number of hydrogen-bond acceptors (Lipinski definition) is 4. The topological polar surface area (TPSA) is 21.7 Å². The van der Waals surface area contributed by atoms with Crippen molar-refractivity contribution in [3.8, 4) is 0 Å². The molecule has 3 nitrogen and oxygen atoms in total. The molecular weight excluding hydrogens is 390 g/mol. The van der Waals surface area contributed by atoms with Crippen LogP contribution in [0.2, 0.25) is 0 Å². The molecule has 0 rings (SSSR count). The molecule has 0 heterocycles. The first-order valence-electron chi connectivity index (χ1n) is 9.77. The van der Waals surface area contributed by atoms with Gasteiger partial charge in [-0.15, -0.1) is 0 Å². The largest absolute Gasteiger partial charge is 0.385 e. The maximum Gasteiger partial charge on any atom is 0.0515 e. The molecule has 0 atom stereocenters. The molecule has 30 heavy (non-hydrogen) atoms. The Morgan fingerprint density at radius 1 is 0.767 bits per heavy atom. The van der Waals surface area contributed by atoms with Crippen molar-refractivity contribution in [2.75, 3.05) is 53.5 Å². The Morgan fingerprint density at radius 3 is 0.933 bits per heavy atom. The molecule has 0 aliphatic heterocycles. The maximum atomic E-state index is 4.75. The predicted octanol–water partition coefficient (Wildman–Crippen LogP) is 9.25. The quantitative estimate of drug-likeness (QED) is 0.415. The van der Waals surface area contributed by atoms with E-state index in [2.05, 4.69) is 85.4 Å². The monoisotopic (exact) mass is 462 g/mol. The van der Waals surface area contributed by atoms with Gasteiger partial charge in [0, 0.05) is 20.8 Å². The van der Waals surface area contributed by atoms with Gasteiger partial charge in [-0.1, -0.05) is 85.1 Å². The molecule has 0 spiro atoms. The maximum absolute atomic E-state index is 4.75. The van der Waals surface area contributed by atoms with Gasteiger partial charge in [0.1, 0.15) is 0 Å². The third kappa shape index (κ3) is 90.2. The number of rotatable bonds is 4. The lowest BCUT2D eigenvalue weighted by atomic mass is 9.71. The van der Waals surface area contributed by atoms with Crippen molar-refractivity contribution in [3.63, 3.8) is 0 Å². The van der Waals surface area contributed by atoms with E-state index in [1.807, 2.05) is 32.5 Å². The SMILES string of the molecule is C.C.C.C.CC(C)(C)C(C)(C)C.CCN(C)C.CCOC.CCSC.COC(C)C. The number of nitrogens with zero attached hydrogens (tertiary/aromatic N) is 1. The summed E-state index contributed by atoms with van der Waals surface area (Å²) < 4.78 is 9.29. The van der Waals surface area contributed by atoms with Crippen LogP contribution in [-0.2, 0) is 9.47 Å². The minimum Gasteiger partial charge on any atom is -0.385 e. The molecule has 0 aliphatic rings. The van der Waals surface area contributed by atoms with Crippen molar-refractivity contribution in [2.24, 2.45) is 10.8 Å². The summed E-state index contributed by atoms with van der Waals surface area (Å²) in [6.07, 6.45) is 2.48. The molecule has 0 aromatic carbocycles. The van der Waals surface area contributed by atoms with Gasteiger partial charge in [-0.25, -0.2) is 0 Å². The van der Waals surface area contributed by atoms with Gasteiger partial charge in [0.25, 0.3) is 0 Å². The fourth-order valence-electron chi connectivity index (χ4n) is 0. The van der Waals surface area contributed by atoms with Crippen LogP contribution in [0.4, 0.5) is 0 Å². The van der Waals surface area contributed by atoms with Crippen molar-refractivity contribution in [3.05, 3.63) is 0 Å². The van der Waals surface area contributed by atoms with E-state index >= 15 is 0 Å². The van der Waals surface area contributed by atoms with Crippen LogP contribution in [0.1, 0.15) is 106 Å². The Hall–Kier alpha value is 0.230. The van der Waals surface area contributed by atoms with E-state index < -0.39 is 0 Å². The normalized spacial score (nSPS) is 9.00. The van der Waals surface area contributed by atoms with Gasteiger partial charge < -0.3 is 14.4 Å². The second-order valence-electron chi connectivity index (χ2n) is 8.34. The molecule has 0 aromatic rings. The zero-order valence-electron chi connectivity index (χ0n) is 21.4. The van der Waals surface area contributed by atoms with Gasteiger partial charge in [-0.2, -0.15) is 11.8 Å². The highest BCUT2D eigenvalue weighted by Crippen LogP contribution is 2.36. The Morgan fingerprint density at radius 2 is 0.933 bits per heavy atom. The van der Waals surface area contributed by atoms with Crippen molar-refractivity contribution in [1.82, 2.24) is 4.90 Å². The van der Waals surface area contributed by atoms with E-state index in [0.717, 1.165) is 13.2 Å². The van der Waals surface area contributed by atoms with Crippen LogP contribution < -0.4 is 0 Å². The van der Waals surface area contributed by atoms with E-state index in [4.69, 9.17) is 4.74 Å². The third-order valence-electron chi connectivity index (χ3n) is 3.93. The number of ether oxygens (including phenoxy) is 2. The second-order valence-corrected chi connectivity index (χ2v) is 9.49. The summed E-state index contributed by atoms with van der Waals surface area (Å²) in [4.78, 5) is 2.12. The van der Waals surface area contributed by atoms with E-state index in [9.17, 15) is 0 Å². The van der Waals surface area contributed by atoms with Gasteiger partial charge in [0.05, 0.1) is 6.10 Å². The lowest BCUT2D eigenvalue weighted by Gasteiger charge is -2.34. The summed E-state index contributed by atoms with van der Waals surface area (Å²) in [5.74, 6) is 1.24. The Kier molecular flexibility index (Phi) is 75.8. The van der Waals surface area contributed by atoms with Crippen LogP contribution in [0.5, 0.6) is 0 Å². The first kappa shape index (κ1) is 57.3. The summed E-state index contributed by atoms with van der Waals surface area (Å²) in [6, 6.07) is 0. The Labute approximate surface area is 202 Å². The fourth-order valence-corrected chi connectivity index (χ4v) is 0. The molecule has 0 saturated heterocycles. The second kappa shape index (κ2) is 39.7. The van der Waals surface area contributed by atoms with Crippen LogP contribution in [0.25, 0.3) is 0 Å². The van der Waals surface area contributed by atoms with Crippen LogP contribution >= 0.6 is 11.8 Å². The number of hydrogen-bond donors (Lipinski definition) is 0. The van der Waals surface area contributed by atoms with E-state index in [1.54, 1.807) is 14.2 Å². The van der Waals surface area contributed by atoms with Crippen LogP contribution in [0, 0.1) is 10.8 Å². The first-order chi connectivity index (χ1) is 11.6. The molecule has 0 N–H and O–H groups in total. The first-order valence-corrected chi connectivity index (χ1v) is 11.2. The summed E-state index contributed by atoms with van der Waals surface area (Å²) >= 11 is 1.86.